The number of esters is 1. The second kappa shape index (κ2) is 7.07. The van der Waals surface area contributed by atoms with Crippen LogP contribution in [-0.2, 0) is 9.53 Å². The Morgan fingerprint density at radius 1 is 1.31 bits per heavy atom. The molecule has 0 aromatic heterocycles. The molecule has 1 heterocycles. The van der Waals surface area contributed by atoms with Crippen molar-refractivity contribution in [2.24, 2.45) is 0 Å². The molecule has 94 valence electrons. The number of carbonyl (C=O) groups is 1. The van der Waals surface area contributed by atoms with Gasteiger partial charge in [0.25, 0.3) is 0 Å². The number of hydrogen-bond acceptors (Lipinski definition) is 2. The van der Waals surface area contributed by atoms with Gasteiger partial charge < -0.3 is 26.2 Å². The van der Waals surface area contributed by atoms with E-state index in [0.717, 1.165) is 11.0 Å². The number of carbonyl (C=O) groups excluding carboxylic acids is 1. The highest BCUT2D eigenvalue weighted by Crippen LogP contribution is 2.15. The van der Waals surface area contributed by atoms with Gasteiger partial charge in [-0.05, 0) is 26.2 Å². The lowest BCUT2D eigenvalue weighted by Crippen LogP contribution is -3.00. The Balaban J connectivity index is 0.00000225. The second-order valence-corrected chi connectivity index (χ2v) is 4.77. The molecule has 0 atom stereocenters. The summed E-state index contributed by atoms with van der Waals surface area (Å²) in [5.74, 6) is -0.265. The summed E-state index contributed by atoms with van der Waals surface area (Å²) < 4.78 is 6.16. The highest BCUT2D eigenvalue weighted by molar-refractivity contribution is 5.86. The summed E-state index contributed by atoms with van der Waals surface area (Å²) in [4.78, 5) is 11.2. The van der Waals surface area contributed by atoms with Crippen LogP contribution in [0.2, 0.25) is 0 Å². The third-order valence-electron chi connectivity index (χ3n) is 3.11. The number of ether oxygens (including phenoxy) is 1. The Labute approximate surface area is 109 Å². The fraction of sp³-hybridized carbons (Fsp3) is 0.750. The van der Waals surface area contributed by atoms with Crippen molar-refractivity contribution in [1.29, 1.82) is 0 Å². The minimum atomic E-state index is -0.265. The monoisotopic (exact) mass is 291 g/mol. The maximum absolute atomic E-state index is 11.2. The summed E-state index contributed by atoms with van der Waals surface area (Å²) in [6.07, 6.45) is 3.94. The Hall–Kier alpha value is -0.350. The van der Waals surface area contributed by atoms with E-state index in [4.69, 9.17) is 4.74 Å². The molecule has 0 spiro atoms. The van der Waals surface area contributed by atoms with Gasteiger partial charge in [0, 0.05) is 5.57 Å². The molecule has 3 nitrogen and oxygen atoms in total. The highest BCUT2D eigenvalue weighted by Gasteiger charge is 2.24. The van der Waals surface area contributed by atoms with Gasteiger partial charge in [-0.15, -0.1) is 0 Å². The molecular weight excluding hydrogens is 270 g/mol. The maximum atomic E-state index is 11.2. The molecule has 1 fully saturated rings. The van der Waals surface area contributed by atoms with Gasteiger partial charge in [-0.3, -0.25) is 0 Å². The van der Waals surface area contributed by atoms with E-state index in [0.29, 0.717) is 12.2 Å². The molecule has 16 heavy (non-hydrogen) atoms. The van der Waals surface area contributed by atoms with Crippen molar-refractivity contribution < 1.29 is 31.0 Å². The molecule has 1 saturated heterocycles. The van der Waals surface area contributed by atoms with Gasteiger partial charge in [-0.25, -0.2) is 4.79 Å². The van der Waals surface area contributed by atoms with E-state index < -0.39 is 0 Å². The molecule has 0 aromatic rings. The van der Waals surface area contributed by atoms with Crippen LogP contribution in [0.1, 0.15) is 26.2 Å². The molecule has 1 aliphatic rings. The maximum Gasteiger partial charge on any atom is 0.333 e. The zero-order valence-electron chi connectivity index (χ0n) is 10.3. The highest BCUT2D eigenvalue weighted by atomic mass is 79.9. The number of likely N-dealkylation sites (N-methyl/N-ethyl adjacent to an activating group) is 1. The second-order valence-electron chi connectivity index (χ2n) is 4.77. The first-order valence-corrected chi connectivity index (χ1v) is 5.70. The smallest absolute Gasteiger partial charge is 0.333 e. The van der Waals surface area contributed by atoms with Gasteiger partial charge >= 0.3 is 5.97 Å². The van der Waals surface area contributed by atoms with Crippen molar-refractivity contribution in [3.05, 3.63) is 12.2 Å². The van der Waals surface area contributed by atoms with Crippen LogP contribution in [0.25, 0.3) is 0 Å². The Kier molecular flexibility index (Phi) is 6.91. The molecule has 0 unspecified atom stereocenters. The summed E-state index contributed by atoms with van der Waals surface area (Å²) in [6, 6.07) is 0. The first-order chi connectivity index (χ1) is 7.03. The van der Waals surface area contributed by atoms with Crippen LogP contribution in [0.5, 0.6) is 0 Å². The van der Waals surface area contributed by atoms with E-state index in [2.05, 4.69) is 13.6 Å². The van der Waals surface area contributed by atoms with Crippen LogP contribution in [0, 0.1) is 0 Å². The molecule has 1 aliphatic heterocycles. The van der Waals surface area contributed by atoms with Gasteiger partial charge in [0.05, 0.1) is 20.1 Å². The zero-order chi connectivity index (χ0) is 11.3. The lowest BCUT2D eigenvalue weighted by molar-refractivity contribution is -0.914. The van der Waals surface area contributed by atoms with E-state index in [-0.39, 0.29) is 23.0 Å². The standard InChI is InChI=1S/C12H22NO2.BrH/c1-11(2)12(14)15-10-9-13(3)7-5-4-6-8-13;/h1,4-10H2,2-3H3;1H/q+1;/p-1. The molecule has 0 radical (unpaired) electrons. The van der Waals surface area contributed by atoms with Crippen molar-refractivity contribution in [3.8, 4) is 0 Å². The van der Waals surface area contributed by atoms with E-state index in [1.807, 2.05) is 0 Å². The Bertz CT molecular complexity index is 247. The molecule has 0 bridgehead atoms. The van der Waals surface area contributed by atoms with E-state index >= 15 is 0 Å². The lowest BCUT2D eigenvalue weighted by atomic mass is 10.1. The summed E-state index contributed by atoms with van der Waals surface area (Å²) in [7, 11) is 2.24. The molecule has 4 heteroatoms. The predicted octanol–water partition coefficient (Wildman–Crippen LogP) is -1.26. The van der Waals surface area contributed by atoms with Gasteiger partial charge in [-0.2, -0.15) is 0 Å². The normalized spacial score (nSPS) is 18.4. The SMILES string of the molecule is C=C(C)C(=O)OCC[N+]1(C)CCCCC1.[Br-]. The number of quaternary nitrogens is 1. The molecule has 1 rings (SSSR count). The average Bonchev–Trinajstić information content (AvgIpc) is 2.18. The van der Waals surface area contributed by atoms with Crippen molar-refractivity contribution >= 4 is 5.97 Å². The summed E-state index contributed by atoms with van der Waals surface area (Å²) in [5.41, 5.74) is 0.483. The summed E-state index contributed by atoms with van der Waals surface area (Å²) in [6.45, 7) is 9.11. The fourth-order valence-corrected chi connectivity index (χ4v) is 1.98. The van der Waals surface area contributed by atoms with Crippen molar-refractivity contribution in [2.45, 2.75) is 26.2 Å². The topological polar surface area (TPSA) is 26.3 Å². The first-order valence-electron chi connectivity index (χ1n) is 5.70. The van der Waals surface area contributed by atoms with Crippen LogP contribution >= 0.6 is 0 Å². The van der Waals surface area contributed by atoms with Crippen LogP contribution in [-0.4, -0.2) is 43.7 Å². The van der Waals surface area contributed by atoms with Gasteiger partial charge in [-0.1, -0.05) is 6.58 Å². The fourth-order valence-electron chi connectivity index (χ4n) is 1.98. The molecule has 0 N–H and O–H groups in total. The van der Waals surface area contributed by atoms with Crippen molar-refractivity contribution in [2.75, 3.05) is 33.3 Å². The number of rotatable bonds is 4. The van der Waals surface area contributed by atoms with Crippen LogP contribution < -0.4 is 17.0 Å². The van der Waals surface area contributed by atoms with E-state index in [1.54, 1.807) is 6.92 Å². The van der Waals surface area contributed by atoms with Crippen molar-refractivity contribution in [1.82, 2.24) is 0 Å². The third kappa shape index (κ3) is 5.12. The molecule has 0 amide bonds. The van der Waals surface area contributed by atoms with Crippen LogP contribution in [0.15, 0.2) is 12.2 Å². The largest absolute Gasteiger partial charge is 1.00 e. The minimum absolute atomic E-state index is 0. The molecule has 0 aromatic carbocycles. The molecule has 0 aliphatic carbocycles. The van der Waals surface area contributed by atoms with Crippen molar-refractivity contribution in [3.63, 3.8) is 0 Å². The Morgan fingerprint density at radius 2 is 1.88 bits per heavy atom. The average molecular weight is 292 g/mol. The number of hydrogen-bond donors (Lipinski definition) is 0. The quantitative estimate of drug-likeness (QED) is 0.367. The van der Waals surface area contributed by atoms with Gasteiger partial charge in [0.15, 0.2) is 0 Å². The number of nitrogens with zero attached hydrogens (tertiary/aromatic N) is 1. The number of halogens is 1. The summed E-state index contributed by atoms with van der Waals surface area (Å²) >= 11 is 0. The lowest BCUT2D eigenvalue weighted by Gasteiger charge is -2.37. The number of likely N-dealkylation sites (tertiary alicyclic amines) is 1. The molecular formula is C12H22BrNO2. The van der Waals surface area contributed by atoms with E-state index in [1.165, 1.54) is 32.4 Å². The number of piperidine rings is 1. The first kappa shape index (κ1) is 15.7. The van der Waals surface area contributed by atoms with Gasteiger partial charge in [0.1, 0.15) is 13.2 Å². The van der Waals surface area contributed by atoms with Crippen LogP contribution in [0.4, 0.5) is 0 Å². The van der Waals surface area contributed by atoms with E-state index in [9.17, 15) is 4.79 Å². The Morgan fingerprint density at radius 3 is 2.38 bits per heavy atom. The third-order valence-corrected chi connectivity index (χ3v) is 3.11. The van der Waals surface area contributed by atoms with Crippen LogP contribution in [0.3, 0.4) is 0 Å². The predicted molar refractivity (Wildman–Crippen MR) is 60.4 cm³/mol. The zero-order valence-corrected chi connectivity index (χ0v) is 11.9. The van der Waals surface area contributed by atoms with Gasteiger partial charge in [0.2, 0.25) is 0 Å². The summed E-state index contributed by atoms with van der Waals surface area (Å²) in [5, 5.41) is 0. The molecule has 0 saturated carbocycles. The minimum Gasteiger partial charge on any atom is -1.00 e.